The van der Waals surface area contributed by atoms with Crippen LogP contribution in [0.3, 0.4) is 0 Å². The first-order valence-electron chi connectivity index (χ1n) is 4.03. The van der Waals surface area contributed by atoms with E-state index >= 15 is 0 Å². The van der Waals surface area contributed by atoms with Crippen LogP contribution in [0, 0.1) is 0 Å². The predicted molar refractivity (Wildman–Crippen MR) is 54.4 cm³/mol. The molecule has 3 nitrogen and oxygen atoms in total. The van der Waals surface area contributed by atoms with Gasteiger partial charge in [-0.25, -0.2) is 0 Å². The summed E-state index contributed by atoms with van der Waals surface area (Å²) in [6.45, 7) is 1.99. The molecule has 0 aliphatic rings. The summed E-state index contributed by atoms with van der Waals surface area (Å²) in [5.74, 6) is 0.358. The lowest BCUT2D eigenvalue weighted by Crippen LogP contribution is -2.35. The third kappa shape index (κ3) is 2.97. The van der Waals surface area contributed by atoms with Crippen LogP contribution in [-0.4, -0.2) is 22.8 Å². The first-order valence-corrected chi connectivity index (χ1v) is 5.44. The highest BCUT2D eigenvalue weighted by molar-refractivity contribution is 7.11. The molecule has 0 bridgehead atoms. The second kappa shape index (κ2) is 5.19. The maximum absolute atomic E-state index is 11.4. The van der Waals surface area contributed by atoms with Gasteiger partial charge in [0.1, 0.15) is 4.88 Å². The summed E-state index contributed by atoms with van der Waals surface area (Å²) in [6, 6.07) is 0.0521. The molecule has 1 rings (SSSR count). The Morgan fingerprint density at radius 1 is 1.85 bits per heavy atom. The van der Waals surface area contributed by atoms with E-state index in [4.69, 9.17) is 11.6 Å². The van der Waals surface area contributed by atoms with Crippen molar-refractivity contribution in [3.05, 3.63) is 16.6 Å². The van der Waals surface area contributed by atoms with Crippen molar-refractivity contribution >= 4 is 28.8 Å². The van der Waals surface area contributed by atoms with Gasteiger partial charge in [-0.2, -0.15) is 0 Å². The van der Waals surface area contributed by atoms with Gasteiger partial charge in [0.15, 0.2) is 0 Å². The van der Waals surface area contributed by atoms with Crippen molar-refractivity contribution < 1.29 is 4.79 Å². The normalized spacial score (nSPS) is 12.5. The molecule has 1 heterocycles. The molecule has 1 N–H and O–H groups in total. The number of alkyl halides is 1. The highest BCUT2D eigenvalue weighted by Gasteiger charge is 2.11. The van der Waals surface area contributed by atoms with E-state index in [9.17, 15) is 4.79 Å². The minimum atomic E-state index is -0.0880. The molecule has 72 valence electrons. The molecule has 0 radical (unpaired) electrons. The smallest absolute Gasteiger partial charge is 0.263 e. The van der Waals surface area contributed by atoms with E-state index in [1.807, 2.05) is 6.92 Å². The molecule has 0 spiro atoms. The summed E-state index contributed by atoms with van der Waals surface area (Å²) in [6.07, 6.45) is 2.40. The lowest BCUT2D eigenvalue weighted by molar-refractivity contribution is 0.0943. The van der Waals surface area contributed by atoms with Crippen LogP contribution in [0.15, 0.2) is 11.7 Å². The second-order valence-electron chi connectivity index (χ2n) is 2.60. The number of carbonyl (C=O) groups is 1. The van der Waals surface area contributed by atoms with Crippen molar-refractivity contribution in [2.75, 3.05) is 5.88 Å². The van der Waals surface area contributed by atoms with Gasteiger partial charge >= 0.3 is 0 Å². The summed E-state index contributed by atoms with van der Waals surface area (Å²) in [5, 5.41) is 2.82. The SMILES string of the molecule is CCC(CCl)NC(=O)c1cncs1. The van der Waals surface area contributed by atoms with Crippen molar-refractivity contribution in [3.63, 3.8) is 0 Å². The molecule has 5 heteroatoms. The molecule has 0 aromatic carbocycles. The molecular weight excluding hydrogens is 208 g/mol. The quantitative estimate of drug-likeness (QED) is 0.785. The molecule has 1 unspecified atom stereocenters. The summed E-state index contributed by atoms with van der Waals surface area (Å²) in [7, 11) is 0. The second-order valence-corrected chi connectivity index (χ2v) is 3.79. The van der Waals surface area contributed by atoms with Crippen molar-refractivity contribution in [3.8, 4) is 0 Å². The minimum Gasteiger partial charge on any atom is -0.347 e. The van der Waals surface area contributed by atoms with Gasteiger partial charge in [-0.05, 0) is 6.42 Å². The number of nitrogens with zero attached hydrogens (tertiary/aromatic N) is 1. The fourth-order valence-electron chi connectivity index (χ4n) is 0.834. The maximum Gasteiger partial charge on any atom is 0.263 e. The molecule has 13 heavy (non-hydrogen) atoms. The standard InChI is InChI=1S/C8H11ClN2OS/c1-2-6(3-9)11-8(12)7-4-10-5-13-7/h4-6H,2-3H2,1H3,(H,11,12). The number of carbonyl (C=O) groups excluding carboxylic acids is 1. The van der Waals surface area contributed by atoms with Gasteiger partial charge in [-0.1, -0.05) is 6.92 Å². The van der Waals surface area contributed by atoms with E-state index < -0.39 is 0 Å². The van der Waals surface area contributed by atoms with Gasteiger partial charge in [0.25, 0.3) is 5.91 Å². The predicted octanol–water partition coefficient (Wildman–Crippen LogP) is 1.89. The Bertz CT molecular complexity index is 259. The van der Waals surface area contributed by atoms with Crippen LogP contribution in [0.4, 0.5) is 0 Å². The largest absolute Gasteiger partial charge is 0.347 e. The third-order valence-corrected chi connectivity index (χ3v) is 2.81. The van der Waals surface area contributed by atoms with Gasteiger partial charge in [-0.15, -0.1) is 22.9 Å². The number of nitrogens with one attached hydrogen (secondary N) is 1. The molecule has 1 aromatic heterocycles. The van der Waals surface area contributed by atoms with Crippen LogP contribution in [0.25, 0.3) is 0 Å². The van der Waals surface area contributed by atoms with Gasteiger partial charge in [0.05, 0.1) is 11.7 Å². The van der Waals surface area contributed by atoms with E-state index in [2.05, 4.69) is 10.3 Å². The van der Waals surface area contributed by atoms with Crippen LogP contribution in [0.5, 0.6) is 0 Å². The third-order valence-electron chi connectivity index (χ3n) is 1.67. The Labute approximate surface area is 86.1 Å². The van der Waals surface area contributed by atoms with Gasteiger partial charge in [0, 0.05) is 11.9 Å². The van der Waals surface area contributed by atoms with Crippen molar-refractivity contribution in [2.45, 2.75) is 19.4 Å². The Balaban J connectivity index is 2.50. The van der Waals surface area contributed by atoms with Crippen molar-refractivity contribution in [2.24, 2.45) is 0 Å². The first kappa shape index (κ1) is 10.5. The van der Waals surface area contributed by atoms with Crippen LogP contribution in [0.2, 0.25) is 0 Å². The fraction of sp³-hybridized carbons (Fsp3) is 0.500. The molecule has 0 aliphatic heterocycles. The Hall–Kier alpha value is -0.610. The molecule has 1 amide bonds. The number of hydrogen-bond donors (Lipinski definition) is 1. The van der Waals surface area contributed by atoms with Crippen LogP contribution < -0.4 is 5.32 Å². The van der Waals surface area contributed by atoms with Gasteiger partial charge in [-0.3, -0.25) is 9.78 Å². The lowest BCUT2D eigenvalue weighted by Gasteiger charge is -2.12. The highest BCUT2D eigenvalue weighted by Crippen LogP contribution is 2.06. The molecule has 0 aliphatic carbocycles. The van der Waals surface area contributed by atoms with E-state index in [0.717, 1.165) is 6.42 Å². The van der Waals surface area contributed by atoms with E-state index in [1.165, 1.54) is 11.3 Å². The van der Waals surface area contributed by atoms with Gasteiger partial charge in [0.2, 0.25) is 0 Å². The Morgan fingerprint density at radius 3 is 3.08 bits per heavy atom. The number of thiazole rings is 1. The lowest BCUT2D eigenvalue weighted by atomic mass is 10.2. The number of hydrogen-bond acceptors (Lipinski definition) is 3. The van der Waals surface area contributed by atoms with Crippen LogP contribution >= 0.6 is 22.9 Å². The summed E-state index contributed by atoms with van der Waals surface area (Å²) >= 11 is 6.97. The van der Waals surface area contributed by atoms with Crippen LogP contribution in [-0.2, 0) is 0 Å². The summed E-state index contributed by atoms with van der Waals surface area (Å²) in [5.41, 5.74) is 1.64. The minimum absolute atomic E-state index is 0.0521. The zero-order valence-corrected chi connectivity index (χ0v) is 8.86. The monoisotopic (exact) mass is 218 g/mol. The maximum atomic E-state index is 11.4. The summed E-state index contributed by atoms with van der Waals surface area (Å²) in [4.78, 5) is 15.9. The van der Waals surface area contributed by atoms with Crippen LogP contribution in [0.1, 0.15) is 23.0 Å². The van der Waals surface area contributed by atoms with E-state index in [1.54, 1.807) is 11.7 Å². The number of halogens is 1. The van der Waals surface area contributed by atoms with E-state index in [-0.39, 0.29) is 11.9 Å². The molecule has 0 fully saturated rings. The van der Waals surface area contributed by atoms with E-state index in [0.29, 0.717) is 10.8 Å². The van der Waals surface area contributed by atoms with Crippen molar-refractivity contribution in [1.29, 1.82) is 0 Å². The zero-order chi connectivity index (χ0) is 9.68. The fourth-order valence-corrected chi connectivity index (χ4v) is 1.65. The van der Waals surface area contributed by atoms with Gasteiger partial charge < -0.3 is 5.32 Å². The number of amides is 1. The average Bonchev–Trinajstić information content (AvgIpc) is 2.66. The summed E-state index contributed by atoms with van der Waals surface area (Å²) < 4.78 is 0. The topological polar surface area (TPSA) is 42.0 Å². The van der Waals surface area contributed by atoms with Crippen molar-refractivity contribution in [1.82, 2.24) is 10.3 Å². The Morgan fingerprint density at radius 2 is 2.62 bits per heavy atom. The first-order chi connectivity index (χ1) is 6.27. The highest BCUT2D eigenvalue weighted by atomic mass is 35.5. The molecular formula is C8H11ClN2OS. The zero-order valence-electron chi connectivity index (χ0n) is 7.29. The molecule has 1 aromatic rings. The Kier molecular flexibility index (Phi) is 4.18. The molecule has 0 saturated carbocycles. The number of aromatic nitrogens is 1. The molecule has 1 atom stereocenters. The average molecular weight is 219 g/mol. The number of rotatable bonds is 4. The molecule has 0 saturated heterocycles.